The van der Waals surface area contributed by atoms with Crippen LogP contribution in [0.15, 0.2) is 0 Å². The molecule has 1 aliphatic carbocycles. The third-order valence-electron chi connectivity index (χ3n) is 4.28. The molecule has 2 N–H and O–H groups in total. The van der Waals surface area contributed by atoms with Crippen LogP contribution >= 0.6 is 0 Å². The van der Waals surface area contributed by atoms with Crippen molar-refractivity contribution in [2.45, 2.75) is 52.1 Å². The minimum Gasteiger partial charge on any atom is -0.326 e. The van der Waals surface area contributed by atoms with Gasteiger partial charge in [0, 0.05) is 25.2 Å². The van der Waals surface area contributed by atoms with Crippen LogP contribution in [0.3, 0.4) is 0 Å². The van der Waals surface area contributed by atoms with Gasteiger partial charge in [0.1, 0.15) is 0 Å². The third-order valence-corrected chi connectivity index (χ3v) is 4.28. The summed E-state index contributed by atoms with van der Waals surface area (Å²) in [6.45, 7) is 9.37. The topological polar surface area (TPSA) is 29.3 Å². The molecule has 2 fully saturated rings. The first-order chi connectivity index (χ1) is 6.59. The van der Waals surface area contributed by atoms with E-state index in [1.807, 2.05) is 0 Å². The summed E-state index contributed by atoms with van der Waals surface area (Å²) in [6, 6.07) is 1.20. The third kappa shape index (κ3) is 1.59. The van der Waals surface area contributed by atoms with Gasteiger partial charge < -0.3 is 5.73 Å². The first kappa shape index (κ1) is 10.4. The summed E-state index contributed by atoms with van der Waals surface area (Å²) in [4.78, 5) is 2.64. The lowest BCUT2D eigenvalue weighted by Crippen LogP contribution is -2.38. The Morgan fingerprint density at radius 3 is 2.43 bits per heavy atom. The number of likely N-dealkylation sites (tertiary alicyclic amines) is 1. The van der Waals surface area contributed by atoms with Crippen molar-refractivity contribution in [3.63, 3.8) is 0 Å². The summed E-state index contributed by atoms with van der Waals surface area (Å²) >= 11 is 0. The molecular weight excluding hydrogens is 172 g/mol. The maximum absolute atomic E-state index is 6.22. The molecule has 0 aromatic carbocycles. The Morgan fingerprint density at radius 1 is 1.43 bits per heavy atom. The predicted molar refractivity (Wildman–Crippen MR) is 60.1 cm³/mol. The van der Waals surface area contributed by atoms with Gasteiger partial charge in [0.2, 0.25) is 0 Å². The van der Waals surface area contributed by atoms with Crippen molar-refractivity contribution in [2.24, 2.45) is 17.1 Å². The largest absolute Gasteiger partial charge is 0.326 e. The average Bonchev–Trinajstić information content (AvgIpc) is 2.78. The van der Waals surface area contributed by atoms with E-state index in [-0.39, 0.29) is 0 Å². The van der Waals surface area contributed by atoms with Crippen LogP contribution in [0.4, 0.5) is 0 Å². The zero-order valence-corrected chi connectivity index (χ0v) is 9.79. The molecule has 1 heterocycles. The average molecular weight is 196 g/mol. The fourth-order valence-electron chi connectivity index (χ4n) is 3.13. The van der Waals surface area contributed by atoms with Gasteiger partial charge in [-0.1, -0.05) is 20.8 Å². The molecular formula is C12H24N2. The number of nitrogens with two attached hydrogens (primary N) is 1. The Labute approximate surface area is 87.8 Å². The van der Waals surface area contributed by atoms with Gasteiger partial charge in [-0.25, -0.2) is 0 Å². The van der Waals surface area contributed by atoms with Crippen molar-refractivity contribution in [1.29, 1.82) is 0 Å². The van der Waals surface area contributed by atoms with Crippen molar-refractivity contribution >= 4 is 0 Å². The molecule has 0 amide bonds. The lowest BCUT2D eigenvalue weighted by molar-refractivity contribution is 0.177. The summed E-state index contributed by atoms with van der Waals surface area (Å²) in [5.74, 6) is 0.765. The Morgan fingerprint density at radius 2 is 2.07 bits per heavy atom. The lowest BCUT2D eigenvalue weighted by atomic mass is 10.00. The summed E-state index contributed by atoms with van der Waals surface area (Å²) in [5.41, 5.74) is 6.76. The van der Waals surface area contributed by atoms with Gasteiger partial charge in [0.05, 0.1) is 0 Å². The van der Waals surface area contributed by atoms with Gasteiger partial charge in [-0.15, -0.1) is 0 Å². The molecule has 2 rings (SSSR count). The van der Waals surface area contributed by atoms with Gasteiger partial charge in [0.15, 0.2) is 0 Å². The zero-order chi connectivity index (χ0) is 10.3. The monoisotopic (exact) mass is 196 g/mol. The van der Waals surface area contributed by atoms with E-state index in [1.165, 1.54) is 25.8 Å². The molecule has 0 aromatic rings. The van der Waals surface area contributed by atoms with Crippen LogP contribution in [-0.4, -0.2) is 30.1 Å². The molecule has 2 nitrogen and oxygen atoms in total. The highest BCUT2D eigenvalue weighted by Crippen LogP contribution is 2.52. The van der Waals surface area contributed by atoms with Gasteiger partial charge in [-0.2, -0.15) is 0 Å². The van der Waals surface area contributed by atoms with Crippen LogP contribution in [-0.2, 0) is 0 Å². The highest BCUT2D eigenvalue weighted by Gasteiger charge is 2.54. The summed E-state index contributed by atoms with van der Waals surface area (Å²) in [7, 11) is 0. The summed E-state index contributed by atoms with van der Waals surface area (Å²) in [5, 5.41) is 0. The minimum absolute atomic E-state index is 0.454. The van der Waals surface area contributed by atoms with Crippen LogP contribution in [0.25, 0.3) is 0 Å². The van der Waals surface area contributed by atoms with E-state index in [4.69, 9.17) is 5.73 Å². The van der Waals surface area contributed by atoms with Gasteiger partial charge in [-0.05, 0) is 30.6 Å². The predicted octanol–water partition coefficient (Wildman–Crippen LogP) is 1.84. The highest BCUT2D eigenvalue weighted by molar-refractivity contribution is 5.09. The van der Waals surface area contributed by atoms with Crippen LogP contribution in [0.5, 0.6) is 0 Å². The Hall–Kier alpha value is -0.0800. The zero-order valence-electron chi connectivity index (χ0n) is 9.79. The number of rotatable bonds is 3. The van der Waals surface area contributed by atoms with E-state index in [2.05, 4.69) is 25.7 Å². The van der Waals surface area contributed by atoms with Crippen molar-refractivity contribution in [3.05, 3.63) is 0 Å². The second-order valence-corrected chi connectivity index (χ2v) is 5.62. The summed E-state index contributed by atoms with van der Waals surface area (Å²) in [6.07, 6.45) is 4.01. The van der Waals surface area contributed by atoms with Crippen LogP contribution in [0.1, 0.15) is 40.0 Å². The fourth-order valence-corrected chi connectivity index (χ4v) is 3.13. The SMILES string of the molecule is CCC(C(C)C)N1C[C@H](N)C2(CC2)C1. The van der Waals surface area contributed by atoms with E-state index in [1.54, 1.807) is 0 Å². The molecule has 0 aromatic heterocycles. The van der Waals surface area contributed by atoms with E-state index < -0.39 is 0 Å². The number of hydrogen-bond acceptors (Lipinski definition) is 2. The van der Waals surface area contributed by atoms with E-state index >= 15 is 0 Å². The van der Waals surface area contributed by atoms with Crippen molar-refractivity contribution in [2.75, 3.05) is 13.1 Å². The second kappa shape index (κ2) is 3.49. The van der Waals surface area contributed by atoms with Crippen molar-refractivity contribution < 1.29 is 0 Å². The van der Waals surface area contributed by atoms with Gasteiger partial charge in [0.25, 0.3) is 0 Å². The molecule has 2 heteroatoms. The molecule has 1 saturated carbocycles. The molecule has 1 spiro atoms. The Balaban J connectivity index is 1.99. The molecule has 82 valence electrons. The van der Waals surface area contributed by atoms with Crippen LogP contribution in [0.2, 0.25) is 0 Å². The van der Waals surface area contributed by atoms with E-state index in [9.17, 15) is 0 Å². The molecule has 2 aliphatic rings. The first-order valence-corrected chi connectivity index (χ1v) is 6.08. The number of nitrogens with zero attached hydrogens (tertiary/aromatic N) is 1. The summed E-state index contributed by atoms with van der Waals surface area (Å²) < 4.78 is 0. The van der Waals surface area contributed by atoms with E-state index in [0.717, 1.165) is 18.5 Å². The van der Waals surface area contributed by atoms with Gasteiger partial charge in [-0.3, -0.25) is 4.90 Å². The molecule has 1 aliphatic heterocycles. The van der Waals surface area contributed by atoms with Crippen molar-refractivity contribution in [3.8, 4) is 0 Å². The molecule has 0 bridgehead atoms. The standard InChI is InChI=1S/C12H24N2/c1-4-10(9(2)3)14-7-11(13)12(8-14)5-6-12/h9-11H,4-8,13H2,1-3H3/t10?,11-/m0/s1. The molecule has 1 saturated heterocycles. The Kier molecular flexibility index (Phi) is 2.61. The van der Waals surface area contributed by atoms with Crippen molar-refractivity contribution in [1.82, 2.24) is 4.90 Å². The maximum Gasteiger partial charge on any atom is 0.0237 e. The van der Waals surface area contributed by atoms with Crippen LogP contribution < -0.4 is 5.73 Å². The molecule has 1 unspecified atom stereocenters. The fraction of sp³-hybridized carbons (Fsp3) is 1.00. The van der Waals surface area contributed by atoms with Crippen LogP contribution in [0, 0.1) is 11.3 Å². The molecule has 0 radical (unpaired) electrons. The normalized spacial score (nSPS) is 32.8. The molecule has 2 atom stereocenters. The minimum atomic E-state index is 0.454. The van der Waals surface area contributed by atoms with E-state index in [0.29, 0.717) is 11.5 Å². The second-order valence-electron chi connectivity index (χ2n) is 5.62. The highest BCUT2D eigenvalue weighted by atomic mass is 15.2. The first-order valence-electron chi connectivity index (χ1n) is 6.08. The maximum atomic E-state index is 6.22. The van der Waals surface area contributed by atoms with Gasteiger partial charge >= 0.3 is 0 Å². The number of hydrogen-bond donors (Lipinski definition) is 1. The smallest absolute Gasteiger partial charge is 0.0237 e. The molecule has 14 heavy (non-hydrogen) atoms. The lowest BCUT2D eigenvalue weighted by Gasteiger charge is -2.30. The Bertz CT molecular complexity index is 208. The quantitative estimate of drug-likeness (QED) is 0.746.